The molecule has 38 heavy (non-hydrogen) atoms. The van der Waals surface area contributed by atoms with E-state index in [1.54, 1.807) is 37.2 Å². The molecule has 0 aliphatic carbocycles. The van der Waals surface area contributed by atoms with Crippen LogP contribution in [0.3, 0.4) is 0 Å². The minimum absolute atomic E-state index is 0.236. The molecule has 0 spiro atoms. The Morgan fingerprint density at radius 2 is 1.84 bits per heavy atom. The van der Waals surface area contributed by atoms with Crippen LogP contribution in [0.25, 0.3) is 11.1 Å². The van der Waals surface area contributed by atoms with Gasteiger partial charge in [-0.05, 0) is 83.2 Å². The molecule has 1 atom stereocenters. The summed E-state index contributed by atoms with van der Waals surface area (Å²) >= 11 is 3.63. The smallest absolute Gasteiger partial charge is 0.213 e. The third-order valence-electron chi connectivity index (χ3n) is 6.01. The van der Waals surface area contributed by atoms with E-state index in [1.165, 1.54) is 24.3 Å². The highest BCUT2D eigenvalue weighted by molar-refractivity contribution is 8.02. The normalized spacial score (nSPS) is 13.0. The van der Waals surface area contributed by atoms with E-state index < -0.39 is 17.5 Å². The number of pyridine rings is 1. The third-order valence-corrected chi connectivity index (χ3v) is 7.57. The summed E-state index contributed by atoms with van der Waals surface area (Å²) < 4.78 is 47.3. The van der Waals surface area contributed by atoms with Crippen molar-refractivity contribution in [1.82, 2.24) is 10.3 Å². The Balaban J connectivity index is 0.000000715. The molecule has 1 aromatic heterocycles. The van der Waals surface area contributed by atoms with Crippen molar-refractivity contribution in [1.29, 1.82) is 0 Å². The molecule has 0 bridgehead atoms. The molecule has 0 fully saturated rings. The second-order valence-electron chi connectivity index (χ2n) is 8.67. The van der Waals surface area contributed by atoms with Gasteiger partial charge in [0, 0.05) is 36.2 Å². The molecular formula is C30H33F3N2OS2. The molecule has 3 nitrogen and oxygen atoms in total. The summed E-state index contributed by atoms with van der Waals surface area (Å²) in [7, 11) is 1.56. The number of aromatic nitrogens is 1. The Kier molecular flexibility index (Phi) is 12.2. The van der Waals surface area contributed by atoms with Gasteiger partial charge in [-0.15, -0.1) is 11.8 Å². The summed E-state index contributed by atoms with van der Waals surface area (Å²) in [5.74, 6) is 0.256. The summed E-state index contributed by atoms with van der Waals surface area (Å²) in [6, 6.07) is 12.1. The number of nitrogens with zero attached hydrogens (tertiary/aromatic N) is 1. The van der Waals surface area contributed by atoms with Gasteiger partial charge in [-0.1, -0.05) is 30.9 Å². The number of methoxy groups -OCH3 is 1. The summed E-state index contributed by atoms with van der Waals surface area (Å²) in [5, 5.41) is 5.47. The first kappa shape index (κ1) is 29.7. The van der Waals surface area contributed by atoms with E-state index in [4.69, 9.17) is 4.74 Å². The fraction of sp³-hybridized carbons (Fsp3) is 0.300. The lowest BCUT2D eigenvalue weighted by Gasteiger charge is -2.23. The van der Waals surface area contributed by atoms with Crippen LogP contribution >= 0.6 is 23.5 Å². The molecule has 1 aliphatic heterocycles. The lowest BCUT2D eigenvalue weighted by atomic mass is 9.89. The van der Waals surface area contributed by atoms with Crippen LogP contribution < -0.4 is 10.1 Å². The van der Waals surface area contributed by atoms with Gasteiger partial charge >= 0.3 is 0 Å². The van der Waals surface area contributed by atoms with Gasteiger partial charge in [0.05, 0.1) is 7.11 Å². The minimum Gasteiger partial charge on any atom is -0.481 e. The van der Waals surface area contributed by atoms with E-state index in [9.17, 15) is 8.78 Å². The minimum atomic E-state index is -0.961. The molecule has 1 unspecified atom stereocenters. The van der Waals surface area contributed by atoms with E-state index in [1.807, 2.05) is 30.2 Å². The molecule has 0 saturated carbocycles. The van der Waals surface area contributed by atoms with Crippen molar-refractivity contribution in [3.63, 3.8) is 0 Å². The maximum absolute atomic E-state index is 15.2. The lowest BCUT2D eigenvalue weighted by Crippen LogP contribution is -2.19. The highest BCUT2D eigenvalue weighted by atomic mass is 32.2. The van der Waals surface area contributed by atoms with Crippen LogP contribution in [0.4, 0.5) is 13.2 Å². The number of ether oxygens (including phenoxy) is 1. The topological polar surface area (TPSA) is 34.2 Å². The largest absolute Gasteiger partial charge is 0.481 e. The molecule has 3 aromatic rings. The molecule has 1 aliphatic rings. The average molecular weight is 559 g/mol. The third kappa shape index (κ3) is 8.88. The maximum atomic E-state index is 15.2. The number of nitrogens with one attached hydrogen (secondary N) is 1. The molecule has 0 radical (unpaired) electrons. The number of rotatable bonds is 11. The number of hydrogen-bond donors (Lipinski definition) is 1. The quantitative estimate of drug-likeness (QED) is 0.239. The van der Waals surface area contributed by atoms with Gasteiger partial charge < -0.3 is 10.1 Å². The Labute approximate surface area is 232 Å². The number of allylic oxidation sites excluding steroid dienone is 2. The van der Waals surface area contributed by atoms with Crippen molar-refractivity contribution in [2.45, 2.75) is 31.7 Å². The highest BCUT2D eigenvalue weighted by Gasteiger charge is 2.20. The van der Waals surface area contributed by atoms with Crippen molar-refractivity contribution in [2.75, 3.05) is 24.9 Å². The summed E-state index contributed by atoms with van der Waals surface area (Å²) in [4.78, 5) is 4.10. The van der Waals surface area contributed by atoms with Crippen molar-refractivity contribution in [2.24, 2.45) is 0 Å². The van der Waals surface area contributed by atoms with Crippen LogP contribution in [0.1, 0.15) is 36.3 Å². The van der Waals surface area contributed by atoms with Crippen LogP contribution in [0.2, 0.25) is 0 Å². The maximum Gasteiger partial charge on any atom is 0.213 e. The van der Waals surface area contributed by atoms with Crippen LogP contribution in [0.15, 0.2) is 78.5 Å². The molecule has 4 rings (SSSR count). The van der Waals surface area contributed by atoms with E-state index in [2.05, 4.69) is 28.4 Å². The van der Waals surface area contributed by atoms with E-state index in [0.717, 1.165) is 36.3 Å². The van der Waals surface area contributed by atoms with Gasteiger partial charge in [0.1, 0.15) is 5.82 Å². The van der Waals surface area contributed by atoms with Gasteiger partial charge in [0.2, 0.25) is 5.88 Å². The van der Waals surface area contributed by atoms with E-state index >= 15 is 4.39 Å². The van der Waals surface area contributed by atoms with Crippen LogP contribution in [0, 0.1) is 17.5 Å². The molecule has 1 N–H and O–H groups in total. The highest BCUT2D eigenvalue weighted by Crippen LogP contribution is 2.33. The Hall–Kier alpha value is -2.84. The zero-order chi connectivity index (χ0) is 27.3. The van der Waals surface area contributed by atoms with Crippen LogP contribution in [-0.4, -0.2) is 29.9 Å². The number of hydrogen-bond acceptors (Lipinski definition) is 5. The Morgan fingerprint density at radius 1 is 1.08 bits per heavy atom. The van der Waals surface area contributed by atoms with Gasteiger partial charge in [-0.2, -0.15) is 11.8 Å². The van der Waals surface area contributed by atoms with Crippen molar-refractivity contribution < 1.29 is 17.9 Å². The van der Waals surface area contributed by atoms with E-state index in [-0.39, 0.29) is 5.92 Å². The Morgan fingerprint density at radius 3 is 2.45 bits per heavy atom. The summed E-state index contributed by atoms with van der Waals surface area (Å²) in [5.41, 5.74) is 3.11. The number of halogens is 3. The van der Waals surface area contributed by atoms with Crippen molar-refractivity contribution >= 4 is 23.5 Å². The van der Waals surface area contributed by atoms with Gasteiger partial charge in [0.15, 0.2) is 11.6 Å². The van der Waals surface area contributed by atoms with Gasteiger partial charge in [-0.25, -0.2) is 18.2 Å². The van der Waals surface area contributed by atoms with E-state index in [0.29, 0.717) is 34.8 Å². The standard InChI is InChI=1S/C26H27F3N2OS.C4H6S/c1-17(31-16-18-10-11-30-26(13-18)32-2)21(5-4-12-33-3)22-8-6-19(14-24(22)28)20-7-9-23(27)25(29)15-20;1-2-4-5-3-1/h6-11,13-15,21,31H,1,4-5,12,16H2,2-3H3;1,3H,2,4H2. The van der Waals surface area contributed by atoms with Crippen molar-refractivity contribution in [3.8, 4) is 17.0 Å². The zero-order valence-corrected chi connectivity index (χ0v) is 23.3. The fourth-order valence-corrected chi connectivity index (χ4v) is 5.10. The SMILES string of the molecule is C1=CSCC1.C=C(NCc1ccnc(OC)c1)C(CCCSC)c1ccc(-c2ccc(F)c(F)c2)cc1F. The average Bonchev–Trinajstić information content (AvgIpc) is 3.52. The number of benzene rings is 2. The van der Waals surface area contributed by atoms with Gasteiger partial charge in [-0.3, -0.25) is 0 Å². The summed E-state index contributed by atoms with van der Waals surface area (Å²) in [6.07, 6.45) is 8.82. The monoisotopic (exact) mass is 558 g/mol. The second kappa shape index (κ2) is 15.5. The molecule has 8 heteroatoms. The molecule has 0 saturated heterocycles. The van der Waals surface area contributed by atoms with Crippen LogP contribution in [0.5, 0.6) is 5.88 Å². The first-order valence-corrected chi connectivity index (χ1v) is 14.8. The lowest BCUT2D eigenvalue weighted by molar-refractivity contribution is 0.397. The Bertz CT molecular complexity index is 1230. The molecule has 2 aromatic carbocycles. The molecular weight excluding hydrogens is 525 g/mol. The van der Waals surface area contributed by atoms with Gasteiger partial charge in [0.25, 0.3) is 0 Å². The second-order valence-corrected chi connectivity index (χ2v) is 10.7. The predicted octanol–water partition coefficient (Wildman–Crippen LogP) is 8.34. The fourth-order valence-electron chi connectivity index (χ4n) is 3.97. The molecule has 202 valence electrons. The predicted molar refractivity (Wildman–Crippen MR) is 155 cm³/mol. The molecule has 2 heterocycles. The zero-order valence-electron chi connectivity index (χ0n) is 21.7. The summed E-state index contributed by atoms with van der Waals surface area (Å²) in [6.45, 7) is 4.69. The number of thioether (sulfide) groups is 2. The van der Waals surface area contributed by atoms with Crippen molar-refractivity contribution in [3.05, 3.63) is 107 Å². The first-order chi connectivity index (χ1) is 18.4. The first-order valence-electron chi connectivity index (χ1n) is 12.3. The molecule has 0 amide bonds. The van der Waals surface area contributed by atoms with Crippen LogP contribution in [-0.2, 0) is 6.54 Å².